The van der Waals surface area contributed by atoms with Crippen LogP contribution in [0.2, 0.25) is 0 Å². The maximum Gasteiger partial charge on any atom is 0.185 e. The van der Waals surface area contributed by atoms with Gasteiger partial charge in [-0.05, 0) is 12.1 Å². The van der Waals surface area contributed by atoms with Gasteiger partial charge in [0.15, 0.2) is 11.5 Å². The molecule has 78 valence electrons. The van der Waals surface area contributed by atoms with Gasteiger partial charge in [-0.1, -0.05) is 48.6 Å². The first-order valence-corrected chi connectivity index (χ1v) is 4.97. The van der Waals surface area contributed by atoms with Crippen LogP contribution in [0.15, 0.2) is 48.5 Å². The predicted octanol–water partition coefficient (Wildman–Crippen LogP) is 4.14. The Morgan fingerprint density at radius 2 is 1.00 bits per heavy atom. The molecule has 0 aliphatic carbocycles. The Labute approximate surface area is 94.1 Å². The van der Waals surface area contributed by atoms with E-state index in [9.17, 15) is 10.2 Å². The quantitative estimate of drug-likeness (QED) is 0.668. The second-order valence-electron chi connectivity index (χ2n) is 3.41. The van der Waals surface area contributed by atoms with Crippen molar-refractivity contribution in [3.05, 3.63) is 59.7 Å². The lowest BCUT2D eigenvalue weighted by atomic mass is 10.1. The minimum Gasteiger partial charge on any atom is -0.289 e. The van der Waals surface area contributed by atoms with Gasteiger partial charge < -0.3 is 0 Å². The maximum atomic E-state index is 11.4. The lowest BCUT2D eigenvalue weighted by molar-refractivity contribution is 0.353. The van der Waals surface area contributed by atoms with Crippen LogP contribution in [0.25, 0.3) is 12.2 Å². The lowest BCUT2D eigenvalue weighted by Gasteiger charge is -1.96. The Kier molecular flexibility index (Phi) is 2.92. The SMILES string of the molecule is [O]c1ccccc1/C=C/c1ccccc1[O]. The minimum atomic E-state index is -0.0397. The van der Waals surface area contributed by atoms with Gasteiger partial charge >= 0.3 is 0 Å². The number of benzene rings is 2. The highest BCUT2D eigenvalue weighted by Gasteiger charge is 1.99. The zero-order valence-electron chi connectivity index (χ0n) is 8.59. The lowest BCUT2D eigenvalue weighted by Crippen LogP contribution is -1.74. The van der Waals surface area contributed by atoms with Crippen LogP contribution < -0.4 is 0 Å². The van der Waals surface area contributed by atoms with E-state index in [1.807, 2.05) is 0 Å². The number of hydrogen-bond donors (Lipinski definition) is 0. The molecule has 0 N–H and O–H groups in total. The van der Waals surface area contributed by atoms with Crippen LogP contribution in [0.1, 0.15) is 11.1 Å². The van der Waals surface area contributed by atoms with Crippen molar-refractivity contribution in [2.45, 2.75) is 0 Å². The third-order valence-electron chi connectivity index (χ3n) is 2.28. The molecule has 2 aromatic rings. The van der Waals surface area contributed by atoms with Gasteiger partial charge in [-0.25, -0.2) is 0 Å². The average Bonchev–Trinajstić information content (AvgIpc) is 2.30. The molecule has 0 spiro atoms. The molecule has 0 bridgehead atoms. The Balaban J connectivity index is 2.29. The summed E-state index contributed by atoms with van der Waals surface area (Å²) in [7, 11) is 0. The normalized spacial score (nSPS) is 10.8. The summed E-state index contributed by atoms with van der Waals surface area (Å²) in [5, 5.41) is 22.8. The van der Waals surface area contributed by atoms with E-state index >= 15 is 0 Å². The fraction of sp³-hybridized carbons (Fsp3) is 0. The van der Waals surface area contributed by atoms with Crippen molar-refractivity contribution < 1.29 is 10.2 Å². The molecule has 0 saturated heterocycles. The van der Waals surface area contributed by atoms with Gasteiger partial charge in [0.25, 0.3) is 0 Å². The van der Waals surface area contributed by atoms with Crippen LogP contribution in [0.4, 0.5) is 0 Å². The molecule has 2 heteroatoms. The highest BCUT2D eigenvalue weighted by atomic mass is 16.3. The molecule has 0 atom stereocenters. The second-order valence-corrected chi connectivity index (χ2v) is 3.41. The van der Waals surface area contributed by atoms with Crippen LogP contribution in [-0.4, -0.2) is 0 Å². The molecule has 2 nitrogen and oxygen atoms in total. The average molecular weight is 210 g/mol. The molecule has 16 heavy (non-hydrogen) atoms. The molecule has 0 heterocycles. The molecule has 2 radical (unpaired) electrons. The van der Waals surface area contributed by atoms with Gasteiger partial charge in [0.1, 0.15) is 0 Å². The zero-order chi connectivity index (χ0) is 11.4. The first-order chi connectivity index (χ1) is 7.77. The van der Waals surface area contributed by atoms with E-state index in [2.05, 4.69) is 0 Å². The summed E-state index contributed by atoms with van der Waals surface area (Å²) in [6.45, 7) is 0. The van der Waals surface area contributed by atoms with Crippen molar-refractivity contribution in [3.63, 3.8) is 0 Å². The third-order valence-corrected chi connectivity index (χ3v) is 2.28. The van der Waals surface area contributed by atoms with Crippen molar-refractivity contribution in [1.29, 1.82) is 0 Å². The molecule has 0 aliphatic rings. The van der Waals surface area contributed by atoms with Gasteiger partial charge in [0.2, 0.25) is 0 Å². The molecule has 2 aromatic carbocycles. The topological polar surface area (TPSA) is 39.8 Å². The Bertz CT molecular complexity index is 468. The van der Waals surface area contributed by atoms with E-state index in [4.69, 9.17) is 0 Å². The molecule has 0 amide bonds. The minimum absolute atomic E-state index is 0.0397. The van der Waals surface area contributed by atoms with E-state index in [1.165, 1.54) is 12.1 Å². The predicted molar refractivity (Wildman–Crippen MR) is 62.1 cm³/mol. The Hall–Kier alpha value is -2.22. The molecule has 0 fully saturated rings. The summed E-state index contributed by atoms with van der Waals surface area (Å²) in [5.41, 5.74) is 1.18. The number of rotatable bonds is 2. The largest absolute Gasteiger partial charge is 0.289 e. The number of hydrogen-bond acceptors (Lipinski definition) is 0. The summed E-state index contributed by atoms with van der Waals surface area (Å²) >= 11 is 0. The Morgan fingerprint density at radius 3 is 1.38 bits per heavy atom. The van der Waals surface area contributed by atoms with E-state index in [-0.39, 0.29) is 11.5 Å². The third kappa shape index (κ3) is 2.23. The van der Waals surface area contributed by atoms with Crippen LogP contribution in [0, 0.1) is 0 Å². The molecule has 2 rings (SSSR count). The van der Waals surface area contributed by atoms with Gasteiger partial charge in [0, 0.05) is 11.1 Å². The molecule has 0 unspecified atom stereocenters. The van der Waals surface area contributed by atoms with E-state index in [0.717, 1.165) is 0 Å². The summed E-state index contributed by atoms with van der Waals surface area (Å²) in [6.07, 6.45) is 3.33. The molecule has 0 saturated carbocycles. The fourth-order valence-electron chi connectivity index (χ4n) is 1.42. The van der Waals surface area contributed by atoms with Gasteiger partial charge in [-0.3, -0.25) is 10.2 Å². The van der Waals surface area contributed by atoms with Crippen LogP contribution in [0.5, 0.6) is 11.5 Å². The Morgan fingerprint density at radius 1 is 0.625 bits per heavy atom. The summed E-state index contributed by atoms with van der Waals surface area (Å²) in [5.74, 6) is -0.0794. The highest BCUT2D eigenvalue weighted by Crippen LogP contribution is 2.22. The van der Waals surface area contributed by atoms with Crippen LogP contribution in [0.3, 0.4) is 0 Å². The van der Waals surface area contributed by atoms with Gasteiger partial charge in [-0.15, -0.1) is 0 Å². The van der Waals surface area contributed by atoms with Crippen molar-refractivity contribution in [3.8, 4) is 11.5 Å². The van der Waals surface area contributed by atoms with Crippen molar-refractivity contribution >= 4 is 12.2 Å². The van der Waals surface area contributed by atoms with Crippen molar-refractivity contribution in [1.82, 2.24) is 0 Å². The molecule has 0 aliphatic heterocycles. The first kappa shape index (κ1) is 10.3. The maximum absolute atomic E-state index is 11.4. The van der Waals surface area contributed by atoms with Gasteiger partial charge in [-0.2, -0.15) is 0 Å². The van der Waals surface area contributed by atoms with Gasteiger partial charge in [0.05, 0.1) is 0 Å². The van der Waals surface area contributed by atoms with Crippen LogP contribution >= 0.6 is 0 Å². The monoisotopic (exact) mass is 210 g/mol. The molecule has 0 aromatic heterocycles. The van der Waals surface area contributed by atoms with Crippen molar-refractivity contribution in [2.75, 3.05) is 0 Å². The zero-order valence-corrected chi connectivity index (χ0v) is 8.59. The number of para-hydroxylation sites is 2. The smallest absolute Gasteiger partial charge is 0.185 e. The van der Waals surface area contributed by atoms with E-state index < -0.39 is 0 Å². The van der Waals surface area contributed by atoms with E-state index in [1.54, 1.807) is 48.6 Å². The fourth-order valence-corrected chi connectivity index (χ4v) is 1.42. The summed E-state index contributed by atoms with van der Waals surface area (Å²) in [4.78, 5) is 0. The molecular weight excluding hydrogens is 200 g/mol. The summed E-state index contributed by atoms with van der Waals surface area (Å²) < 4.78 is 0. The highest BCUT2D eigenvalue weighted by molar-refractivity contribution is 5.74. The van der Waals surface area contributed by atoms with Crippen LogP contribution in [-0.2, 0) is 10.2 Å². The second kappa shape index (κ2) is 4.53. The first-order valence-electron chi connectivity index (χ1n) is 4.97. The molecular formula is C14H10O2. The standard InChI is InChI=1S/C14H10O2/c15-13-7-3-1-5-11(13)9-10-12-6-2-4-8-14(12)16/h1-10H/b10-9+. The van der Waals surface area contributed by atoms with Crippen molar-refractivity contribution in [2.24, 2.45) is 0 Å². The van der Waals surface area contributed by atoms with E-state index in [0.29, 0.717) is 11.1 Å². The summed E-state index contributed by atoms with van der Waals surface area (Å²) in [6, 6.07) is 13.4.